The van der Waals surface area contributed by atoms with E-state index in [1.807, 2.05) is 29.3 Å². The largest absolute Gasteiger partial charge is 0.445 e. The van der Waals surface area contributed by atoms with E-state index in [0.29, 0.717) is 11.4 Å². The number of carbonyl (C=O) groups is 1. The Morgan fingerprint density at radius 3 is 2.96 bits per heavy atom. The Kier molecular flexibility index (Phi) is 4.61. The first-order valence-corrected chi connectivity index (χ1v) is 9.34. The second kappa shape index (κ2) is 7.19. The van der Waals surface area contributed by atoms with E-state index >= 15 is 0 Å². The van der Waals surface area contributed by atoms with Crippen molar-refractivity contribution in [3.8, 4) is 0 Å². The van der Waals surface area contributed by atoms with Crippen LogP contribution in [0.5, 0.6) is 0 Å². The van der Waals surface area contributed by atoms with Crippen molar-refractivity contribution in [1.29, 1.82) is 0 Å². The van der Waals surface area contributed by atoms with Crippen molar-refractivity contribution in [1.82, 2.24) is 14.9 Å². The molecule has 0 saturated carbocycles. The molecular weight excluding hydrogens is 334 g/mol. The van der Waals surface area contributed by atoms with Crippen LogP contribution in [-0.2, 0) is 6.42 Å². The third-order valence-corrected chi connectivity index (χ3v) is 5.25. The maximum atomic E-state index is 12.5. The molecule has 2 aromatic heterocycles. The van der Waals surface area contributed by atoms with E-state index in [0.717, 1.165) is 37.5 Å². The van der Waals surface area contributed by atoms with Crippen LogP contribution in [0.25, 0.3) is 0 Å². The van der Waals surface area contributed by atoms with Crippen LogP contribution in [0.15, 0.2) is 52.7 Å². The van der Waals surface area contributed by atoms with E-state index in [9.17, 15) is 4.79 Å². The predicted octanol–water partition coefficient (Wildman–Crippen LogP) is 3.74. The molecule has 1 aromatic carbocycles. The Balaban J connectivity index is 1.44. The monoisotopic (exact) mass is 353 g/mol. The SMILES string of the molecule is O=C(c1cncs1)N1CCCC(c2ncc(Cc3ccccc3)o2)C1. The Morgan fingerprint density at radius 1 is 1.28 bits per heavy atom. The van der Waals surface area contributed by atoms with Crippen molar-refractivity contribution in [2.45, 2.75) is 25.2 Å². The van der Waals surface area contributed by atoms with E-state index < -0.39 is 0 Å². The van der Waals surface area contributed by atoms with Gasteiger partial charge < -0.3 is 9.32 Å². The molecule has 1 saturated heterocycles. The molecule has 1 atom stereocenters. The molecule has 0 radical (unpaired) electrons. The summed E-state index contributed by atoms with van der Waals surface area (Å²) in [5.41, 5.74) is 2.90. The van der Waals surface area contributed by atoms with Crippen LogP contribution in [0.1, 0.15) is 45.6 Å². The third kappa shape index (κ3) is 3.64. The first kappa shape index (κ1) is 16.0. The van der Waals surface area contributed by atoms with Crippen molar-refractivity contribution in [3.05, 3.63) is 70.3 Å². The number of hydrogen-bond acceptors (Lipinski definition) is 5. The van der Waals surface area contributed by atoms with Crippen LogP contribution in [-0.4, -0.2) is 33.9 Å². The van der Waals surface area contributed by atoms with E-state index in [1.54, 1.807) is 11.7 Å². The van der Waals surface area contributed by atoms with Gasteiger partial charge in [-0.3, -0.25) is 9.78 Å². The molecule has 128 valence electrons. The van der Waals surface area contributed by atoms with E-state index in [2.05, 4.69) is 22.1 Å². The van der Waals surface area contributed by atoms with Gasteiger partial charge >= 0.3 is 0 Å². The van der Waals surface area contributed by atoms with Gasteiger partial charge in [0.25, 0.3) is 5.91 Å². The van der Waals surface area contributed by atoms with Crippen molar-refractivity contribution in [2.24, 2.45) is 0 Å². The van der Waals surface area contributed by atoms with E-state index in [1.165, 1.54) is 16.9 Å². The fourth-order valence-electron chi connectivity index (χ4n) is 3.23. The van der Waals surface area contributed by atoms with Crippen LogP contribution in [0.2, 0.25) is 0 Å². The standard InChI is InChI=1S/C19H19N3O2S/c23-19(17-11-20-13-25-17)22-8-4-7-15(12-22)18-21-10-16(24-18)9-14-5-2-1-3-6-14/h1-3,5-6,10-11,13,15H,4,7-9,12H2. The van der Waals surface area contributed by atoms with Gasteiger partial charge in [0.2, 0.25) is 0 Å². The van der Waals surface area contributed by atoms with E-state index in [-0.39, 0.29) is 11.8 Å². The summed E-state index contributed by atoms with van der Waals surface area (Å²) in [6, 6.07) is 10.2. The molecule has 0 bridgehead atoms. The van der Waals surface area contributed by atoms with Crippen LogP contribution in [0.3, 0.4) is 0 Å². The maximum Gasteiger partial charge on any atom is 0.265 e. The minimum absolute atomic E-state index is 0.0586. The maximum absolute atomic E-state index is 12.5. The Hall–Kier alpha value is -2.47. The van der Waals surface area contributed by atoms with Gasteiger partial charge in [-0.2, -0.15) is 0 Å². The molecule has 1 fully saturated rings. The normalized spacial score (nSPS) is 17.6. The summed E-state index contributed by atoms with van der Waals surface area (Å²) >= 11 is 1.39. The lowest BCUT2D eigenvalue weighted by molar-refractivity contribution is 0.0702. The van der Waals surface area contributed by atoms with Crippen LogP contribution in [0, 0.1) is 0 Å². The number of piperidine rings is 1. The number of carbonyl (C=O) groups excluding carboxylic acids is 1. The quantitative estimate of drug-likeness (QED) is 0.717. The van der Waals surface area contributed by atoms with Gasteiger partial charge in [-0.1, -0.05) is 30.3 Å². The molecule has 6 heteroatoms. The zero-order chi connectivity index (χ0) is 17.1. The highest BCUT2D eigenvalue weighted by Gasteiger charge is 2.28. The Bertz CT molecular complexity index is 829. The fourth-order valence-corrected chi connectivity index (χ4v) is 3.82. The topological polar surface area (TPSA) is 59.2 Å². The highest BCUT2D eigenvalue weighted by Crippen LogP contribution is 2.28. The molecule has 1 aliphatic heterocycles. The second-order valence-electron chi connectivity index (χ2n) is 6.28. The van der Waals surface area contributed by atoms with Crippen molar-refractivity contribution < 1.29 is 9.21 Å². The van der Waals surface area contributed by atoms with Gasteiger partial charge in [0.15, 0.2) is 5.89 Å². The molecule has 1 aliphatic rings. The van der Waals surface area contributed by atoms with Crippen LogP contribution < -0.4 is 0 Å². The van der Waals surface area contributed by atoms with Crippen LogP contribution >= 0.6 is 11.3 Å². The molecule has 1 unspecified atom stereocenters. The summed E-state index contributed by atoms with van der Waals surface area (Å²) in [6.07, 6.45) is 6.15. The third-order valence-electron chi connectivity index (χ3n) is 4.49. The predicted molar refractivity (Wildman–Crippen MR) is 95.7 cm³/mol. The number of oxazole rings is 1. The summed E-state index contributed by atoms with van der Waals surface area (Å²) in [5, 5.41) is 0. The average molecular weight is 353 g/mol. The number of likely N-dealkylation sites (tertiary alicyclic amines) is 1. The minimum Gasteiger partial charge on any atom is -0.445 e. The van der Waals surface area contributed by atoms with Crippen LogP contribution in [0.4, 0.5) is 0 Å². The first-order valence-electron chi connectivity index (χ1n) is 8.46. The summed E-state index contributed by atoms with van der Waals surface area (Å²) in [5.74, 6) is 1.83. The van der Waals surface area contributed by atoms with Gasteiger partial charge in [0.05, 0.1) is 23.8 Å². The molecule has 0 spiro atoms. The Morgan fingerprint density at radius 2 is 2.16 bits per heavy atom. The van der Waals surface area contributed by atoms with Gasteiger partial charge in [-0.05, 0) is 18.4 Å². The highest BCUT2D eigenvalue weighted by molar-refractivity contribution is 7.11. The average Bonchev–Trinajstić information content (AvgIpc) is 3.34. The lowest BCUT2D eigenvalue weighted by Gasteiger charge is -2.30. The smallest absolute Gasteiger partial charge is 0.265 e. The number of thiazole rings is 1. The second-order valence-corrected chi connectivity index (χ2v) is 7.17. The van der Waals surface area contributed by atoms with Gasteiger partial charge in [0, 0.05) is 19.5 Å². The molecule has 25 heavy (non-hydrogen) atoms. The number of hydrogen-bond donors (Lipinski definition) is 0. The number of nitrogens with zero attached hydrogens (tertiary/aromatic N) is 3. The summed E-state index contributed by atoms with van der Waals surface area (Å²) < 4.78 is 5.99. The highest BCUT2D eigenvalue weighted by atomic mass is 32.1. The molecule has 0 aliphatic carbocycles. The molecular formula is C19H19N3O2S. The lowest BCUT2D eigenvalue weighted by atomic mass is 9.98. The number of aromatic nitrogens is 2. The zero-order valence-electron chi connectivity index (χ0n) is 13.8. The fraction of sp³-hybridized carbons (Fsp3) is 0.316. The summed E-state index contributed by atoms with van der Waals surface area (Å²) in [4.78, 5) is 23.6. The molecule has 5 nitrogen and oxygen atoms in total. The molecule has 3 aromatic rings. The Labute approximate surface area is 150 Å². The van der Waals surface area contributed by atoms with Gasteiger partial charge in [-0.15, -0.1) is 11.3 Å². The van der Waals surface area contributed by atoms with E-state index in [4.69, 9.17) is 4.42 Å². The summed E-state index contributed by atoms with van der Waals surface area (Å²) in [6.45, 7) is 1.44. The molecule has 0 N–H and O–H groups in total. The molecule has 3 heterocycles. The number of benzene rings is 1. The molecule has 4 rings (SSSR count). The van der Waals surface area contributed by atoms with Crippen molar-refractivity contribution >= 4 is 17.2 Å². The van der Waals surface area contributed by atoms with Gasteiger partial charge in [-0.25, -0.2) is 4.98 Å². The minimum atomic E-state index is 0.0586. The van der Waals surface area contributed by atoms with Crippen molar-refractivity contribution in [2.75, 3.05) is 13.1 Å². The lowest BCUT2D eigenvalue weighted by Crippen LogP contribution is -2.38. The number of rotatable bonds is 4. The van der Waals surface area contributed by atoms with Gasteiger partial charge in [0.1, 0.15) is 10.6 Å². The molecule has 1 amide bonds. The van der Waals surface area contributed by atoms with Crippen molar-refractivity contribution in [3.63, 3.8) is 0 Å². The zero-order valence-corrected chi connectivity index (χ0v) is 14.6. The number of amides is 1. The summed E-state index contributed by atoms with van der Waals surface area (Å²) in [7, 11) is 0. The first-order chi connectivity index (χ1) is 12.3.